The molecular weight excluding hydrogens is 258 g/mol. The molecule has 2 atom stereocenters. The molecule has 0 aliphatic heterocycles. The molecule has 0 spiro atoms. The largest absolute Gasteiger partial charge is 0.481 e. The second-order valence-electron chi connectivity index (χ2n) is 5.06. The molecule has 1 aromatic rings. The Morgan fingerprint density at radius 1 is 1.40 bits per heavy atom. The lowest BCUT2D eigenvalue weighted by molar-refractivity contribution is -0.147. The molecule has 0 aromatic carbocycles. The van der Waals surface area contributed by atoms with Crippen molar-refractivity contribution in [3.05, 3.63) is 30.1 Å². The van der Waals surface area contributed by atoms with Crippen molar-refractivity contribution in [3.63, 3.8) is 0 Å². The SMILES string of the molecule is Cn1cc(CCNC(=O)[C@@H]2CC=CC[C@@H]2C(=O)O)cn1. The second-order valence-corrected chi connectivity index (χ2v) is 5.06. The summed E-state index contributed by atoms with van der Waals surface area (Å²) >= 11 is 0. The predicted octanol–water partition coefficient (Wildman–Crippen LogP) is 0.746. The van der Waals surface area contributed by atoms with E-state index in [0.717, 1.165) is 5.56 Å². The van der Waals surface area contributed by atoms with Gasteiger partial charge in [-0.05, 0) is 24.8 Å². The van der Waals surface area contributed by atoms with Gasteiger partial charge in [-0.2, -0.15) is 5.10 Å². The van der Waals surface area contributed by atoms with Gasteiger partial charge in [0.25, 0.3) is 0 Å². The van der Waals surface area contributed by atoms with E-state index in [-0.39, 0.29) is 5.91 Å². The highest BCUT2D eigenvalue weighted by molar-refractivity contribution is 5.85. The smallest absolute Gasteiger partial charge is 0.307 e. The van der Waals surface area contributed by atoms with Crippen molar-refractivity contribution < 1.29 is 14.7 Å². The molecule has 2 N–H and O–H groups in total. The number of nitrogens with zero attached hydrogens (tertiary/aromatic N) is 2. The van der Waals surface area contributed by atoms with Gasteiger partial charge in [0.2, 0.25) is 5.91 Å². The standard InChI is InChI=1S/C14H19N3O3/c1-17-9-10(8-16-17)6-7-15-13(18)11-4-2-3-5-12(11)14(19)20/h2-3,8-9,11-12H,4-7H2,1H3,(H,15,18)(H,19,20)/t11-,12+/m1/s1. The Bertz CT molecular complexity index is 521. The third-order valence-electron chi connectivity index (χ3n) is 3.56. The van der Waals surface area contributed by atoms with Crippen LogP contribution in [-0.2, 0) is 23.1 Å². The number of allylic oxidation sites excluding steroid dienone is 2. The number of hydrogen-bond donors (Lipinski definition) is 2. The zero-order valence-corrected chi connectivity index (χ0v) is 11.5. The van der Waals surface area contributed by atoms with E-state index in [1.165, 1.54) is 0 Å². The number of aryl methyl sites for hydroxylation is 1. The number of carboxylic acid groups (broad SMARTS) is 1. The molecule has 0 radical (unpaired) electrons. The van der Waals surface area contributed by atoms with Crippen molar-refractivity contribution in [3.8, 4) is 0 Å². The minimum atomic E-state index is -0.901. The van der Waals surface area contributed by atoms with Crippen molar-refractivity contribution in [2.75, 3.05) is 6.54 Å². The van der Waals surface area contributed by atoms with E-state index < -0.39 is 17.8 Å². The molecule has 0 bridgehead atoms. The van der Waals surface area contributed by atoms with Gasteiger partial charge in [0, 0.05) is 19.8 Å². The van der Waals surface area contributed by atoms with Gasteiger partial charge in [-0.1, -0.05) is 12.2 Å². The van der Waals surface area contributed by atoms with Crippen LogP contribution in [0, 0.1) is 11.8 Å². The summed E-state index contributed by atoms with van der Waals surface area (Å²) in [6.07, 6.45) is 8.99. The Hall–Kier alpha value is -2.11. The van der Waals surface area contributed by atoms with Crippen LogP contribution in [0.15, 0.2) is 24.5 Å². The number of amides is 1. The van der Waals surface area contributed by atoms with Gasteiger partial charge in [-0.3, -0.25) is 14.3 Å². The molecule has 1 aromatic heterocycles. The summed E-state index contributed by atoms with van der Waals surface area (Å²) in [7, 11) is 1.84. The van der Waals surface area contributed by atoms with Crippen LogP contribution in [0.3, 0.4) is 0 Å². The molecule has 0 saturated heterocycles. The summed E-state index contributed by atoms with van der Waals surface area (Å²) in [4.78, 5) is 23.2. The highest BCUT2D eigenvalue weighted by Gasteiger charge is 2.33. The first-order valence-electron chi connectivity index (χ1n) is 6.71. The molecule has 108 valence electrons. The lowest BCUT2D eigenvalue weighted by atomic mass is 9.82. The summed E-state index contributed by atoms with van der Waals surface area (Å²) in [5.74, 6) is -2.16. The fourth-order valence-electron chi connectivity index (χ4n) is 2.44. The van der Waals surface area contributed by atoms with Crippen molar-refractivity contribution in [1.29, 1.82) is 0 Å². The molecule has 0 saturated carbocycles. The zero-order chi connectivity index (χ0) is 14.5. The monoisotopic (exact) mass is 277 g/mol. The van der Waals surface area contributed by atoms with Gasteiger partial charge in [-0.25, -0.2) is 0 Å². The third kappa shape index (κ3) is 3.46. The first-order valence-corrected chi connectivity index (χ1v) is 6.71. The van der Waals surface area contributed by atoms with Crippen molar-refractivity contribution >= 4 is 11.9 Å². The average Bonchev–Trinajstić information content (AvgIpc) is 2.84. The summed E-state index contributed by atoms with van der Waals surface area (Å²) in [5, 5.41) is 16.0. The summed E-state index contributed by atoms with van der Waals surface area (Å²) in [5.41, 5.74) is 1.05. The van der Waals surface area contributed by atoms with Crippen molar-refractivity contribution in [2.24, 2.45) is 18.9 Å². The average molecular weight is 277 g/mol. The van der Waals surface area contributed by atoms with E-state index in [9.17, 15) is 9.59 Å². The van der Waals surface area contributed by atoms with E-state index in [1.54, 1.807) is 10.9 Å². The van der Waals surface area contributed by atoms with Crippen molar-refractivity contribution in [1.82, 2.24) is 15.1 Å². The van der Waals surface area contributed by atoms with Gasteiger partial charge in [0.15, 0.2) is 0 Å². The van der Waals surface area contributed by atoms with E-state index in [2.05, 4.69) is 10.4 Å². The van der Waals surface area contributed by atoms with Crippen LogP contribution >= 0.6 is 0 Å². The van der Waals surface area contributed by atoms with E-state index in [0.29, 0.717) is 25.8 Å². The minimum Gasteiger partial charge on any atom is -0.481 e. The Labute approximate surface area is 117 Å². The highest BCUT2D eigenvalue weighted by Crippen LogP contribution is 2.25. The van der Waals surface area contributed by atoms with Gasteiger partial charge in [-0.15, -0.1) is 0 Å². The van der Waals surface area contributed by atoms with E-state index in [4.69, 9.17) is 5.11 Å². The van der Waals surface area contributed by atoms with Crippen LogP contribution in [0.5, 0.6) is 0 Å². The van der Waals surface area contributed by atoms with Crippen LogP contribution in [0.2, 0.25) is 0 Å². The quantitative estimate of drug-likeness (QED) is 0.778. The minimum absolute atomic E-state index is 0.175. The molecule has 1 aliphatic carbocycles. The summed E-state index contributed by atoms with van der Waals surface area (Å²) in [6.45, 7) is 0.497. The molecule has 1 heterocycles. The number of carbonyl (C=O) groups is 2. The van der Waals surface area contributed by atoms with Crippen LogP contribution in [0.1, 0.15) is 18.4 Å². The predicted molar refractivity (Wildman–Crippen MR) is 72.9 cm³/mol. The lowest BCUT2D eigenvalue weighted by Crippen LogP contribution is -2.39. The number of rotatable bonds is 5. The normalized spacial score (nSPS) is 21.6. The van der Waals surface area contributed by atoms with Crippen LogP contribution < -0.4 is 5.32 Å². The van der Waals surface area contributed by atoms with E-state index in [1.807, 2.05) is 25.4 Å². The molecule has 6 heteroatoms. The Morgan fingerprint density at radius 2 is 2.10 bits per heavy atom. The van der Waals surface area contributed by atoms with Crippen LogP contribution in [-0.4, -0.2) is 33.3 Å². The Morgan fingerprint density at radius 3 is 2.70 bits per heavy atom. The number of carboxylic acids is 1. The maximum atomic E-state index is 12.1. The second kappa shape index (κ2) is 6.36. The number of aromatic nitrogens is 2. The van der Waals surface area contributed by atoms with Crippen molar-refractivity contribution in [2.45, 2.75) is 19.3 Å². The fourth-order valence-corrected chi connectivity index (χ4v) is 2.44. The summed E-state index contributed by atoms with van der Waals surface area (Å²) < 4.78 is 1.71. The lowest BCUT2D eigenvalue weighted by Gasteiger charge is -2.24. The summed E-state index contributed by atoms with van der Waals surface area (Å²) in [6, 6.07) is 0. The van der Waals surface area contributed by atoms with Crippen LogP contribution in [0.25, 0.3) is 0 Å². The van der Waals surface area contributed by atoms with Gasteiger partial charge < -0.3 is 10.4 Å². The van der Waals surface area contributed by atoms with Gasteiger partial charge in [0.05, 0.1) is 18.0 Å². The van der Waals surface area contributed by atoms with Crippen LogP contribution in [0.4, 0.5) is 0 Å². The molecule has 1 aliphatic rings. The maximum absolute atomic E-state index is 12.1. The first kappa shape index (κ1) is 14.3. The molecule has 0 unspecified atom stereocenters. The van der Waals surface area contributed by atoms with Gasteiger partial charge in [0.1, 0.15) is 0 Å². The molecule has 1 amide bonds. The number of hydrogen-bond acceptors (Lipinski definition) is 3. The first-order chi connectivity index (χ1) is 9.58. The van der Waals surface area contributed by atoms with E-state index >= 15 is 0 Å². The molecular formula is C14H19N3O3. The molecule has 6 nitrogen and oxygen atoms in total. The zero-order valence-electron chi connectivity index (χ0n) is 11.5. The maximum Gasteiger partial charge on any atom is 0.307 e. The Kier molecular flexibility index (Phi) is 4.55. The topological polar surface area (TPSA) is 84.2 Å². The molecule has 0 fully saturated rings. The highest BCUT2D eigenvalue weighted by atomic mass is 16.4. The van der Waals surface area contributed by atoms with Gasteiger partial charge >= 0.3 is 5.97 Å². The molecule has 2 rings (SSSR count). The Balaban J connectivity index is 1.84. The molecule has 20 heavy (non-hydrogen) atoms. The number of carbonyl (C=O) groups excluding carboxylic acids is 1. The fraction of sp³-hybridized carbons (Fsp3) is 0.500. The third-order valence-corrected chi connectivity index (χ3v) is 3.56. The number of aliphatic carboxylic acids is 1. The number of nitrogens with one attached hydrogen (secondary N) is 1.